The van der Waals surface area contributed by atoms with Gasteiger partial charge >= 0.3 is 5.97 Å². The molecule has 0 saturated heterocycles. The van der Waals surface area contributed by atoms with Crippen molar-refractivity contribution in [3.05, 3.63) is 94.0 Å². The first kappa shape index (κ1) is 20.8. The van der Waals surface area contributed by atoms with E-state index in [-0.39, 0.29) is 12.5 Å². The number of methoxy groups -OCH3 is 1. The Bertz CT molecular complexity index is 1230. The van der Waals surface area contributed by atoms with Gasteiger partial charge in [-0.25, -0.2) is 9.48 Å². The molecular formula is C23H18ClN3O3S. The first-order chi connectivity index (χ1) is 15.0. The Morgan fingerprint density at radius 3 is 2.61 bits per heavy atom. The number of thiophene rings is 1. The van der Waals surface area contributed by atoms with Gasteiger partial charge in [0.25, 0.3) is 5.91 Å². The van der Waals surface area contributed by atoms with Crippen molar-refractivity contribution >= 4 is 34.8 Å². The molecule has 0 unspecified atom stereocenters. The normalized spacial score (nSPS) is 10.6. The van der Waals surface area contributed by atoms with E-state index in [1.807, 2.05) is 42.5 Å². The van der Waals surface area contributed by atoms with Crippen LogP contribution in [0.2, 0.25) is 4.34 Å². The summed E-state index contributed by atoms with van der Waals surface area (Å²) >= 11 is 7.47. The monoisotopic (exact) mass is 451 g/mol. The van der Waals surface area contributed by atoms with Crippen LogP contribution in [0.15, 0.2) is 72.9 Å². The number of rotatable bonds is 6. The van der Waals surface area contributed by atoms with E-state index >= 15 is 0 Å². The van der Waals surface area contributed by atoms with Gasteiger partial charge in [-0.3, -0.25) is 4.79 Å². The maximum atomic E-state index is 13.1. The number of esters is 1. The summed E-state index contributed by atoms with van der Waals surface area (Å²) in [6.07, 6.45) is 1.71. The number of nitrogens with zero attached hydrogens (tertiary/aromatic N) is 2. The molecule has 6 nitrogen and oxygen atoms in total. The minimum absolute atomic E-state index is 0.255. The number of carbonyl (C=O) groups is 2. The van der Waals surface area contributed by atoms with Crippen LogP contribution in [0.5, 0.6) is 0 Å². The van der Waals surface area contributed by atoms with Gasteiger partial charge in [0.1, 0.15) is 5.69 Å². The van der Waals surface area contributed by atoms with Crippen LogP contribution < -0.4 is 5.32 Å². The van der Waals surface area contributed by atoms with Crippen LogP contribution in [-0.2, 0) is 11.3 Å². The van der Waals surface area contributed by atoms with Crippen molar-refractivity contribution in [2.75, 3.05) is 7.11 Å². The van der Waals surface area contributed by atoms with E-state index in [0.717, 1.165) is 16.1 Å². The zero-order valence-electron chi connectivity index (χ0n) is 16.5. The SMILES string of the molecule is COC(=O)c1cccc(CNC(=O)c2cn(-c3ccccc3)nc2-c2ccc(Cl)s2)c1. The number of para-hydroxylation sites is 1. The number of halogens is 1. The molecule has 31 heavy (non-hydrogen) atoms. The highest BCUT2D eigenvalue weighted by Gasteiger charge is 2.20. The highest BCUT2D eigenvalue weighted by molar-refractivity contribution is 7.19. The molecule has 156 valence electrons. The van der Waals surface area contributed by atoms with Crippen LogP contribution in [-0.4, -0.2) is 28.8 Å². The fraction of sp³-hybridized carbons (Fsp3) is 0.0870. The van der Waals surface area contributed by atoms with Crippen LogP contribution in [0.25, 0.3) is 16.3 Å². The Kier molecular flexibility index (Phi) is 6.16. The number of hydrogen-bond acceptors (Lipinski definition) is 5. The van der Waals surface area contributed by atoms with E-state index in [0.29, 0.717) is 21.2 Å². The molecule has 0 saturated carbocycles. The van der Waals surface area contributed by atoms with E-state index in [2.05, 4.69) is 10.4 Å². The molecule has 0 aliphatic carbocycles. The van der Waals surface area contributed by atoms with E-state index in [1.54, 1.807) is 35.1 Å². The number of aromatic nitrogens is 2. The number of amides is 1. The maximum absolute atomic E-state index is 13.1. The van der Waals surface area contributed by atoms with Crippen molar-refractivity contribution in [2.24, 2.45) is 0 Å². The van der Waals surface area contributed by atoms with Gasteiger partial charge in [0.2, 0.25) is 0 Å². The Labute approximate surface area is 188 Å². The largest absolute Gasteiger partial charge is 0.465 e. The Balaban J connectivity index is 1.61. The third-order valence-corrected chi connectivity index (χ3v) is 5.83. The minimum Gasteiger partial charge on any atom is -0.465 e. The third kappa shape index (κ3) is 4.68. The van der Waals surface area contributed by atoms with Crippen LogP contribution >= 0.6 is 22.9 Å². The fourth-order valence-corrected chi connectivity index (χ4v) is 4.12. The smallest absolute Gasteiger partial charge is 0.337 e. The predicted octanol–water partition coefficient (Wildman–Crippen LogP) is 4.97. The van der Waals surface area contributed by atoms with Crippen molar-refractivity contribution in [3.8, 4) is 16.3 Å². The van der Waals surface area contributed by atoms with Crippen molar-refractivity contribution < 1.29 is 14.3 Å². The van der Waals surface area contributed by atoms with Crippen molar-refractivity contribution in [1.82, 2.24) is 15.1 Å². The Morgan fingerprint density at radius 1 is 1.10 bits per heavy atom. The molecule has 2 aromatic heterocycles. The molecule has 0 aliphatic heterocycles. The third-order valence-electron chi connectivity index (χ3n) is 4.59. The summed E-state index contributed by atoms with van der Waals surface area (Å²) in [5.74, 6) is -0.695. The summed E-state index contributed by atoms with van der Waals surface area (Å²) in [4.78, 5) is 25.6. The molecular weight excluding hydrogens is 434 g/mol. The molecule has 0 spiro atoms. The average Bonchev–Trinajstić information content (AvgIpc) is 3.44. The van der Waals surface area contributed by atoms with Gasteiger partial charge < -0.3 is 10.1 Å². The summed E-state index contributed by atoms with van der Waals surface area (Å²) in [6, 6.07) is 20.1. The van der Waals surface area contributed by atoms with Gasteiger partial charge in [-0.05, 0) is 42.0 Å². The van der Waals surface area contributed by atoms with E-state index in [9.17, 15) is 9.59 Å². The van der Waals surface area contributed by atoms with Crippen molar-refractivity contribution in [3.63, 3.8) is 0 Å². The lowest BCUT2D eigenvalue weighted by atomic mass is 10.1. The highest BCUT2D eigenvalue weighted by Crippen LogP contribution is 2.32. The van der Waals surface area contributed by atoms with Crippen LogP contribution in [0, 0.1) is 0 Å². The number of hydrogen-bond donors (Lipinski definition) is 1. The number of carbonyl (C=O) groups excluding carboxylic acids is 2. The van der Waals surface area contributed by atoms with Gasteiger partial charge in [0.05, 0.1) is 33.1 Å². The summed E-state index contributed by atoms with van der Waals surface area (Å²) in [6.45, 7) is 0.255. The second-order valence-electron chi connectivity index (χ2n) is 6.65. The van der Waals surface area contributed by atoms with Crippen LogP contribution in [0.4, 0.5) is 0 Å². The number of nitrogens with one attached hydrogen (secondary N) is 1. The standard InChI is InChI=1S/C23H18ClN3O3S/c1-30-23(29)16-7-5-6-15(12-16)13-25-22(28)18-14-27(17-8-3-2-4-9-17)26-21(18)19-10-11-20(24)31-19/h2-12,14H,13H2,1H3,(H,25,28). The number of ether oxygens (including phenoxy) is 1. The molecule has 2 aromatic carbocycles. The molecule has 4 aromatic rings. The van der Waals surface area contributed by atoms with E-state index in [4.69, 9.17) is 16.3 Å². The minimum atomic E-state index is -0.422. The Hall–Kier alpha value is -3.42. The molecule has 4 rings (SSSR count). The highest BCUT2D eigenvalue weighted by atomic mass is 35.5. The summed E-state index contributed by atoms with van der Waals surface area (Å²) in [5.41, 5.74) is 3.05. The first-order valence-corrected chi connectivity index (χ1v) is 10.6. The topological polar surface area (TPSA) is 73.2 Å². The zero-order chi connectivity index (χ0) is 21.8. The molecule has 1 N–H and O–H groups in total. The van der Waals surface area contributed by atoms with Gasteiger partial charge in [-0.2, -0.15) is 5.10 Å². The van der Waals surface area contributed by atoms with Crippen LogP contribution in [0.3, 0.4) is 0 Å². The molecule has 0 fully saturated rings. The Morgan fingerprint density at radius 2 is 1.90 bits per heavy atom. The molecule has 0 radical (unpaired) electrons. The number of benzene rings is 2. The fourth-order valence-electron chi connectivity index (χ4n) is 3.08. The first-order valence-electron chi connectivity index (χ1n) is 9.41. The zero-order valence-corrected chi connectivity index (χ0v) is 18.1. The van der Waals surface area contributed by atoms with Gasteiger partial charge in [0.15, 0.2) is 0 Å². The molecule has 1 amide bonds. The molecule has 2 heterocycles. The lowest BCUT2D eigenvalue weighted by Crippen LogP contribution is -2.23. The molecule has 0 aliphatic rings. The van der Waals surface area contributed by atoms with Gasteiger partial charge in [-0.15, -0.1) is 11.3 Å². The lowest BCUT2D eigenvalue weighted by Gasteiger charge is -2.06. The summed E-state index contributed by atoms with van der Waals surface area (Å²) < 4.78 is 7.05. The quantitative estimate of drug-likeness (QED) is 0.420. The van der Waals surface area contributed by atoms with Crippen molar-refractivity contribution in [2.45, 2.75) is 6.54 Å². The van der Waals surface area contributed by atoms with Gasteiger partial charge in [0, 0.05) is 12.7 Å². The summed E-state index contributed by atoms with van der Waals surface area (Å²) in [7, 11) is 1.33. The van der Waals surface area contributed by atoms with E-state index < -0.39 is 5.97 Å². The predicted molar refractivity (Wildman–Crippen MR) is 121 cm³/mol. The lowest BCUT2D eigenvalue weighted by molar-refractivity contribution is 0.0600. The van der Waals surface area contributed by atoms with Crippen molar-refractivity contribution in [1.29, 1.82) is 0 Å². The van der Waals surface area contributed by atoms with Gasteiger partial charge in [-0.1, -0.05) is 41.9 Å². The van der Waals surface area contributed by atoms with E-state index in [1.165, 1.54) is 18.4 Å². The average molecular weight is 452 g/mol. The molecule has 8 heteroatoms. The molecule has 0 bridgehead atoms. The maximum Gasteiger partial charge on any atom is 0.337 e. The second kappa shape index (κ2) is 9.16. The second-order valence-corrected chi connectivity index (χ2v) is 8.36. The summed E-state index contributed by atoms with van der Waals surface area (Å²) in [5, 5.41) is 7.54. The van der Waals surface area contributed by atoms with Crippen LogP contribution in [0.1, 0.15) is 26.3 Å². The molecule has 0 atom stereocenters.